The zero-order chi connectivity index (χ0) is 12.0. The summed E-state index contributed by atoms with van der Waals surface area (Å²) in [5.41, 5.74) is 1.13. The van der Waals surface area contributed by atoms with Crippen LogP contribution in [0.1, 0.15) is 38.3 Å². The number of hydrogen-bond donors (Lipinski definition) is 1. The number of amides is 1. The summed E-state index contributed by atoms with van der Waals surface area (Å²) in [4.78, 5) is 11.6. The minimum absolute atomic E-state index is 0.0694. The van der Waals surface area contributed by atoms with E-state index in [4.69, 9.17) is 11.6 Å². The van der Waals surface area contributed by atoms with Gasteiger partial charge in [-0.3, -0.25) is 4.79 Å². The van der Waals surface area contributed by atoms with Crippen LogP contribution in [0.25, 0.3) is 0 Å². The molecule has 0 radical (unpaired) electrons. The number of benzene rings is 1. The lowest BCUT2D eigenvalue weighted by atomic mass is 10.0. The number of nitrogens with one attached hydrogen (secondary N) is 1. The number of hydrogen-bond acceptors (Lipinski definition) is 1. The topological polar surface area (TPSA) is 29.1 Å². The Morgan fingerprint density at radius 3 is 2.50 bits per heavy atom. The molecule has 1 rings (SSSR count). The van der Waals surface area contributed by atoms with Gasteiger partial charge in [0.05, 0.1) is 6.04 Å². The van der Waals surface area contributed by atoms with Crippen LogP contribution in [0, 0.1) is 0 Å². The van der Waals surface area contributed by atoms with Gasteiger partial charge in [-0.15, -0.1) is 11.6 Å². The zero-order valence-electron chi connectivity index (χ0n) is 9.74. The SMILES string of the molecule is CCC[C@@H](NC(=O)[C@@H](C)Cl)c1ccccc1. The Bertz CT molecular complexity index is 324. The summed E-state index contributed by atoms with van der Waals surface area (Å²) in [6.45, 7) is 3.79. The van der Waals surface area contributed by atoms with Gasteiger partial charge in [0, 0.05) is 0 Å². The van der Waals surface area contributed by atoms with Gasteiger partial charge in [0.1, 0.15) is 5.38 Å². The molecule has 1 aromatic rings. The predicted octanol–water partition coefficient (Wildman–Crippen LogP) is 3.27. The van der Waals surface area contributed by atoms with Gasteiger partial charge in [0.25, 0.3) is 0 Å². The van der Waals surface area contributed by atoms with Gasteiger partial charge >= 0.3 is 0 Å². The minimum Gasteiger partial charge on any atom is -0.348 e. The van der Waals surface area contributed by atoms with Crippen molar-refractivity contribution in [2.45, 2.75) is 38.1 Å². The van der Waals surface area contributed by atoms with E-state index in [-0.39, 0.29) is 11.9 Å². The van der Waals surface area contributed by atoms with Crippen molar-refractivity contribution >= 4 is 17.5 Å². The highest BCUT2D eigenvalue weighted by Crippen LogP contribution is 2.18. The summed E-state index contributed by atoms with van der Waals surface area (Å²) in [7, 11) is 0. The van der Waals surface area contributed by atoms with Gasteiger partial charge in [0.15, 0.2) is 0 Å². The Hall–Kier alpha value is -1.02. The Labute approximate surface area is 102 Å². The van der Waals surface area contributed by atoms with E-state index in [2.05, 4.69) is 12.2 Å². The molecule has 0 heterocycles. The van der Waals surface area contributed by atoms with Crippen LogP contribution in [0.4, 0.5) is 0 Å². The summed E-state index contributed by atoms with van der Waals surface area (Å²) < 4.78 is 0. The molecular formula is C13H18ClNO. The van der Waals surface area contributed by atoms with Crippen LogP contribution >= 0.6 is 11.6 Å². The molecule has 88 valence electrons. The van der Waals surface area contributed by atoms with Gasteiger partial charge in [-0.05, 0) is 18.9 Å². The largest absolute Gasteiger partial charge is 0.348 e. The molecule has 0 saturated carbocycles. The first-order valence-corrected chi connectivity index (χ1v) is 6.08. The van der Waals surface area contributed by atoms with E-state index in [9.17, 15) is 4.79 Å². The predicted molar refractivity (Wildman–Crippen MR) is 67.5 cm³/mol. The molecule has 1 amide bonds. The van der Waals surface area contributed by atoms with Crippen molar-refractivity contribution in [1.29, 1.82) is 0 Å². The first-order valence-electron chi connectivity index (χ1n) is 5.64. The molecule has 3 heteroatoms. The van der Waals surface area contributed by atoms with E-state index in [0.717, 1.165) is 18.4 Å². The van der Waals surface area contributed by atoms with Crippen molar-refractivity contribution in [2.75, 3.05) is 0 Å². The number of halogens is 1. The maximum Gasteiger partial charge on any atom is 0.238 e. The number of rotatable bonds is 5. The third kappa shape index (κ3) is 3.86. The maximum absolute atomic E-state index is 11.6. The average molecular weight is 240 g/mol. The summed E-state index contributed by atoms with van der Waals surface area (Å²) in [5.74, 6) is -0.107. The fourth-order valence-corrected chi connectivity index (χ4v) is 1.65. The van der Waals surface area contributed by atoms with Crippen molar-refractivity contribution in [2.24, 2.45) is 0 Å². The summed E-state index contributed by atoms with van der Waals surface area (Å²) in [6.07, 6.45) is 1.95. The molecular weight excluding hydrogens is 222 g/mol. The molecule has 0 aromatic heterocycles. The second-order valence-corrected chi connectivity index (χ2v) is 4.53. The average Bonchev–Trinajstić information content (AvgIpc) is 2.29. The van der Waals surface area contributed by atoms with Gasteiger partial charge in [-0.25, -0.2) is 0 Å². The highest BCUT2D eigenvalue weighted by Gasteiger charge is 2.16. The molecule has 0 fully saturated rings. The molecule has 1 N–H and O–H groups in total. The third-order valence-corrected chi connectivity index (χ3v) is 2.66. The molecule has 0 bridgehead atoms. The Morgan fingerprint density at radius 2 is 2.00 bits per heavy atom. The van der Waals surface area contributed by atoms with E-state index in [0.29, 0.717) is 0 Å². The summed E-state index contributed by atoms with van der Waals surface area (Å²) in [6, 6.07) is 10.1. The highest BCUT2D eigenvalue weighted by atomic mass is 35.5. The Kier molecular flexibility index (Phi) is 5.33. The van der Waals surface area contributed by atoms with Crippen molar-refractivity contribution in [3.63, 3.8) is 0 Å². The van der Waals surface area contributed by atoms with E-state index in [1.165, 1.54) is 0 Å². The first kappa shape index (κ1) is 13.0. The normalized spacial score (nSPS) is 14.2. The first-order chi connectivity index (χ1) is 7.65. The van der Waals surface area contributed by atoms with Crippen LogP contribution in [0.3, 0.4) is 0 Å². The highest BCUT2D eigenvalue weighted by molar-refractivity contribution is 6.30. The molecule has 2 nitrogen and oxygen atoms in total. The molecule has 0 unspecified atom stereocenters. The quantitative estimate of drug-likeness (QED) is 0.785. The molecule has 2 atom stereocenters. The summed E-state index contributed by atoms with van der Waals surface area (Å²) >= 11 is 5.75. The molecule has 0 saturated heterocycles. The van der Waals surface area contributed by atoms with Crippen LogP contribution in [0.2, 0.25) is 0 Å². The number of alkyl halides is 1. The molecule has 0 aliphatic rings. The monoisotopic (exact) mass is 239 g/mol. The van der Waals surface area contributed by atoms with Crippen LogP contribution < -0.4 is 5.32 Å². The van der Waals surface area contributed by atoms with Gasteiger partial charge in [-0.1, -0.05) is 43.7 Å². The van der Waals surface area contributed by atoms with E-state index in [1.807, 2.05) is 30.3 Å². The lowest BCUT2D eigenvalue weighted by Gasteiger charge is -2.19. The zero-order valence-corrected chi connectivity index (χ0v) is 10.5. The molecule has 0 aliphatic carbocycles. The Morgan fingerprint density at radius 1 is 1.38 bits per heavy atom. The summed E-state index contributed by atoms with van der Waals surface area (Å²) in [5, 5.41) is 2.48. The third-order valence-electron chi connectivity index (χ3n) is 2.46. The molecule has 16 heavy (non-hydrogen) atoms. The smallest absolute Gasteiger partial charge is 0.238 e. The molecule has 0 aliphatic heterocycles. The van der Waals surface area contributed by atoms with E-state index in [1.54, 1.807) is 6.92 Å². The minimum atomic E-state index is -0.483. The second kappa shape index (κ2) is 6.54. The van der Waals surface area contributed by atoms with Crippen LogP contribution in [0.5, 0.6) is 0 Å². The standard InChI is InChI=1S/C13H18ClNO/c1-3-7-12(15-13(16)10(2)14)11-8-5-4-6-9-11/h4-6,8-10,12H,3,7H2,1-2H3,(H,15,16)/t10-,12-/m1/s1. The number of carbonyl (C=O) groups is 1. The van der Waals surface area contributed by atoms with Crippen molar-refractivity contribution in [1.82, 2.24) is 5.32 Å². The lowest BCUT2D eigenvalue weighted by molar-refractivity contribution is -0.121. The molecule has 0 spiro atoms. The Balaban J connectivity index is 2.72. The van der Waals surface area contributed by atoms with Gasteiger partial charge in [0.2, 0.25) is 5.91 Å². The van der Waals surface area contributed by atoms with E-state index >= 15 is 0 Å². The van der Waals surface area contributed by atoms with Gasteiger partial charge in [-0.2, -0.15) is 0 Å². The van der Waals surface area contributed by atoms with Crippen molar-refractivity contribution < 1.29 is 4.79 Å². The fourth-order valence-electron chi connectivity index (χ4n) is 1.58. The van der Waals surface area contributed by atoms with Crippen LogP contribution in [-0.2, 0) is 4.79 Å². The van der Waals surface area contributed by atoms with Crippen LogP contribution in [-0.4, -0.2) is 11.3 Å². The van der Waals surface area contributed by atoms with Gasteiger partial charge < -0.3 is 5.32 Å². The second-order valence-electron chi connectivity index (χ2n) is 3.88. The molecule has 1 aromatic carbocycles. The van der Waals surface area contributed by atoms with Crippen molar-refractivity contribution in [3.05, 3.63) is 35.9 Å². The van der Waals surface area contributed by atoms with Crippen LogP contribution in [0.15, 0.2) is 30.3 Å². The number of carbonyl (C=O) groups excluding carboxylic acids is 1. The van der Waals surface area contributed by atoms with E-state index < -0.39 is 5.38 Å². The van der Waals surface area contributed by atoms with Crippen molar-refractivity contribution in [3.8, 4) is 0 Å². The fraction of sp³-hybridized carbons (Fsp3) is 0.462. The maximum atomic E-state index is 11.6. The lowest BCUT2D eigenvalue weighted by Crippen LogP contribution is -2.33.